The molecule has 1 atom stereocenters. The van der Waals surface area contributed by atoms with Crippen LogP contribution in [-0.2, 0) is 4.79 Å². The summed E-state index contributed by atoms with van der Waals surface area (Å²) in [4.78, 5) is 12.8. The van der Waals surface area contributed by atoms with E-state index >= 15 is 0 Å². The molecule has 3 rings (SSSR count). The summed E-state index contributed by atoms with van der Waals surface area (Å²) in [6.45, 7) is 6.16. The lowest BCUT2D eigenvalue weighted by Gasteiger charge is -2.38. The van der Waals surface area contributed by atoms with Gasteiger partial charge in [0.05, 0.1) is 17.6 Å². The van der Waals surface area contributed by atoms with Crippen molar-refractivity contribution in [1.82, 2.24) is 5.32 Å². The van der Waals surface area contributed by atoms with E-state index in [1.165, 1.54) is 0 Å². The number of carbonyl (C=O) groups is 1. The van der Waals surface area contributed by atoms with Crippen molar-refractivity contribution in [2.75, 3.05) is 0 Å². The highest BCUT2D eigenvalue weighted by Gasteiger charge is 2.40. The lowest BCUT2D eigenvalue weighted by Crippen LogP contribution is -2.36. The molecule has 112 valence electrons. The molecule has 1 aliphatic heterocycles. The van der Waals surface area contributed by atoms with Gasteiger partial charge in [-0.2, -0.15) is 5.26 Å². The fourth-order valence-corrected chi connectivity index (χ4v) is 3.56. The van der Waals surface area contributed by atoms with Crippen molar-refractivity contribution in [2.24, 2.45) is 5.41 Å². The Labute approximate surface area is 131 Å². The van der Waals surface area contributed by atoms with Crippen molar-refractivity contribution in [3.05, 3.63) is 58.4 Å². The highest BCUT2D eigenvalue weighted by atomic mass is 16.1. The number of nitriles is 1. The first-order valence-corrected chi connectivity index (χ1v) is 7.62. The van der Waals surface area contributed by atoms with E-state index in [1.54, 1.807) is 0 Å². The van der Waals surface area contributed by atoms with Gasteiger partial charge >= 0.3 is 0 Å². The lowest BCUT2D eigenvalue weighted by atomic mass is 9.69. The number of nitrogens with one attached hydrogen (secondary N) is 1. The van der Waals surface area contributed by atoms with Gasteiger partial charge in [-0.1, -0.05) is 44.2 Å². The normalized spacial score (nSPS) is 23.7. The minimum absolute atomic E-state index is 0.0332. The molecule has 0 saturated carbocycles. The predicted molar refractivity (Wildman–Crippen MR) is 85.7 cm³/mol. The van der Waals surface area contributed by atoms with Crippen molar-refractivity contribution in [3.8, 4) is 6.07 Å². The third-order valence-electron chi connectivity index (χ3n) is 4.49. The molecule has 0 saturated heterocycles. The second-order valence-electron chi connectivity index (χ2n) is 6.95. The smallest absolute Gasteiger partial charge is 0.162 e. The summed E-state index contributed by atoms with van der Waals surface area (Å²) in [5, 5.41) is 12.9. The molecule has 0 bridgehead atoms. The number of dihydropyridines is 1. The topological polar surface area (TPSA) is 52.9 Å². The fourth-order valence-electron chi connectivity index (χ4n) is 3.56. The monoisotopic (exact) mass is 292 g/mol. The van der Waals surface area contributed by atoms with E-state index in [1.807, 2.05) is 37.3 Å². The van der Waals surface area contributed by atoms with Crippen molar-refractivity contribution in [3.63, 3.8) is 0 Å². The van der Waals surface area contributed by atoms with E-state index < -0.39 is 0 Å². The molecule has 1 aromatic rings. The van der Waals surface area contributed by atoms with Crippen molar-refractivity contribution in [1.29, 1.82) is 5.26 Å². The van der Waals surface area contributed by atoms with Crippen LogP contribution in [0.25, 0.3) is 0 Å². The molecule has 0 spiro atoms. The van der Waals surface area contributed by atoms with Crippen LogP contribution in [0, 0.1) is 16.7 Å². The van der Waals surface area contributed by atoms with Gasteiger partial charge in [0.25, 0.3) is 0 Å². The Kier molecular flexibility index (Phi) is 3.41. The van der Waals surface area contributed by atoms with Gasteiger partial charge in [-0.05, 0) is 24.3 Å². The SMILES string of the molecule is CC1=C(C#N)[C@H](c2ccccc2)C2=C(CC(C)(C)CC2=O)N1. The van der Waals surface area contributed by atoms with Gasteiger partial charge < -0.3 is 5.32 Å². The first kappa shape index (κ1) is 14.6. The Bertz CT molecular complexity index is 732. The van der Waals surface area contributed by atoms with E-state index in [9.17, 15) is 10.1 Å². The molecular weight excluding hydrogens is 272 g/mol. The summed E-state index contributed by atoms with van der Waals surface area (Å²) in [7, 11) is 0. The van der Waals surface area contributed by atoms with Crippen molar-refractivity contribution >= 4 is 5.78 Å². The molecule has 0 fully saturated rings. The van der Waals surface area contributed by atoms with E-state index in [-0.39, 0.29) is 17.1 Å². The lowest BCUT2D eigenvalue weighted by molar-refractivity contribution is -0.118. The van der Waals surface area contributed by atoms with Gasteiger partial charge in [0.1, 0.15) is 0 Å². The maximum Gasteiger partial charge on any atom is 0.162 e. The molecule has 22 heavy (non-hydrogen) atoms. The zero-order valence-corrected chi connectivity index (χ0v) is 13.2. The number of ketones is 1. The maximum absolute atomic E-state index is 12.8. The Balaban J connectivity index is 2.18. The zero-order chi connectivity index (χ0) is 15.9. The molecule has 2 aliphatic rings. The molecule has 0 aromatic heterocycles. The molecule has 0 unspecified atom stereocenters. The van der Waals surface area contributed by atoms with Gasteiger partial charge in [-0.25, -0.2) is 0 Å². The highest BCUT2D eigenvalue weighted by molar-refractivity contribution is 6.00. The van der Waals surface area contributed by atoms with Crippen LogP contribution >= 0.6 is 0 Å². The third kappa shape index (κ3) is 2.35. The molecule has 0 radical (unpaired) electrons. The van der Waals surface area contributed by atoms with Crippen LogP contribution in [-0.4, -0.2) is 5.78 Å². The molecule has 1 heterocycles. The van der Waals surface area contributed by atoms with Crippen LogP contribution in [0.3, 0.4) is 0 Å². The Morgan fingerprint density at radius 2 is 1.91 bits per heavy atom. The van der Waals surface area contributed by atoms with E-state index in [4.69, 9.17) is 0 Å². The van der Waals surface area contributed by atoms with Gasteiger partial charge in [0.2, 0.25) is 0 Å². The summed E-state index contributed by atoms with van der Waals surface area (Å²) < 4.78 is 0. The van der Waals surface area contributed by atoms with Crippen molar-refractivity contribution in [2.45, 2.75) is 39.5 Å². The molecule has 1 aliphatic carbocycles. The summed E-state index contributed by atoms with van der Waals surface area (Å²) in [5.74, 6) is -0.0705. The maximum atomic E-state index is 12.8. The summed E-state index contributed by atoms with van der Waals surface area (Å²) in [6.07, 6.45) is 1.38. The number of carbonyl (C=O) groups excluding carboxylic acids is 1. The van der Waals surface area contributed by atoms with Crippen LogP contribution < -0.4 is 5.32 Å². The first-order chi connectivity index (χ1) is 10.4. The largest absolute Gasteiger partial charge is 0.361 e. The van der Waals surface area contributed by atoms with Gasteiger partial charge in [0.15, 0.2) is 5.78 Å². The molecule has 3 nitrogen and oxygen atoms in total. The Morgan fingerprint density at radius 3 is 2.55 bits per heavy atom. The zero-order valence-electron chi connectivity index (χ0n) is 13.2. The fraction of sp³-hybridized carbons (Fsp3) is 0.368. The van der Waals surface area contributed by atoms with Crippen LogP contribution in [0.15, 0.2) is 52.9 Å². The molecule has 1 aromatic carbocycles. The van der Waals surface area contributed by atoms with Crippen LogP contribution in [0.2, 0.25) is 0 Å². The number of allylic oxidation sites excluding steroid dienone is 4. The second-order valence-corrected chi connectivity index (χ2v) is 6.95. The minimum Gasteiger partial charge on any atom is -0.361 e. The summed E-state index contributed by atoms with van der Waals surface area (Å²) >= 11 is 0. The second kappa shape index (κ2) is 5.14. The van der Waals surface area contributed by atoms with Crippen LogP contribution in [0.5, 0.6) is 0 Å². The average molecular weight is 292 g/mol. The molecule has 3 heteroatoms. The number of Topliss-reactive ketones (excluding diaryl/α,β-unsaturated/α-hetero) is 1. The number of benzene rings is 1. The van der Waals surface area contributed by atoms with Gasteiger partial charge in [-0.3, -0.25) is 4.79 Å². The number of rotatable bonds is 1. The Hall–Kier alpha value is -2.34. The highest BCUT2D eigenvalue weighted by Crippen LogP contribution is 2.46. The van der Waals surface area contributed by atoms with E-state index in [0.29, 0.717) is 12.0 Å². The number of nitrogens with zero attached hydrogens (tertiary/aromatic N) is 1. The molecule has 0 amide bonds. The van der Waals surface area contributed by atoms with Crippen molar-refractivity contribution < 1.29 is 4.79 Å². The number of hydrogen-bond donors (Lipinski definition) is 1. The van der Waals surface area contributed by atoms with E-state index in [0.717, 1.165) is 29.0 Å². The third-order valence-corrected chi connectivity index (χ3v) is 4.49. The minimum atomic E-state index is -0.231. The standard InChI is InChI=1S/C19H20N2O/c1-12-14(11-20)17(13-7-5-4-6-8-13)18-15(21-12)9-19(2,3)10-16(18)22/h4-8,17,21H,9-10H2,1-3H3/t17-/m0/s1. The summed E-state index contributed by atoms with van der Waals surface area (Å²) in [5.41, 5.74) is 4.27. The Morgan fingerprint density at radius 1 is 1.23 bits per heavy atom. The summed E-state index contributed by atoms with van der Waals surface area (Å²) in [6, 6.07) is 12.2. The predicted octanol–water partition coefficient (Wildman–Crippen LogP) is 3.81. The van der Waals surface area contributed by atoms with Crippen LogP contribution in [0.1, 0.15) is 45.1 Å². The van der Waals surface area contributed by atoms with Gasteiger partial charge in [0, 0.05) is 23.4 Å². The molecular formula is C19H20N2O. The number of hydrogen-bond acceptors (Lipinski definition) is 3. The van der Waals surface area contributed by atoms with Gasteiger partial charge in [-0.15, -0.1) is 0 Å². The average Bonchev–Trinajstić information content (AvgIpc) is 2.45. The van der Waals surface area contributed by atoms with E-state index in [2.05, 4.69) is 25.2 Å². The quantitative estimate of drug-likeness (QED) is 0.856. The van der Waals surface area contributed by atoms with Crippen LogP contribution in [0.4, 0.5) is 0 Å². The first-order valence-electron chi connectivity index (χ1n) is 7.62. The molecule has 1 N–H and O–H groups in total.